The summed E-state index contributed by atoms with van der Waals surface area (Å²) in [5, 5.41) is 5.72. The Kier molecular flexibility index (Phi) is 3.01. The van der Waals surface area contributed by atoms with Crippen LogP contribution in [0.15, 0.2) is 17.5 Å². The molecule has 0 bridgehead atoms. The maximum atomic E-state index is 3.51. The van der Waals surface area contributed by atoms with Crippen LogP contribution in [0.1, 0.15) is 24.3 Å². The van der Waals surface area contributed by atoms with Crippen LogP contribution in [-0.2, 0) is 0 Å². The zero-order chi connectivity index (χ0) is 11.0. The third kappa shape index (κ3) is 1.81. The van der Waals surface area contributed by atoms with Crippen molar-refractivity contribution in [2.24, 2.45) is 11.8 Å². The number of thiophene rings is 1. The van der Waals surface area contributed by atoms with Gasteiger partial charge in [-0.3, -0.25) is 4.90 Å². The summed E-state index contributed by atoms with van der Waals surface area (Å²) in [5.41, 5.74) is 0. The van der Waals surface area contributed by atoms with Gasteiger partial charge in [0, 0.05) is 24.0 Å². The quantitative estimate of drug-likeness (QED) is 0.866. The summed E-state index contributed by atoms with van der Waals surface area (Å²) >= 11 is 1.91. The molecule has 0 amide bonds. The summed E-state index contributed by atoms with van der Waals surface area (Å²) < 4.78 is 0. The Hall–Kier alpha value is -0.380. The van der Waals surface area contributed by atoms with Crippen molar-refractivity contribution in [1.29, 1.82) is 0 Å². The van der Waals surface area contributed by atoms with E-state index in [2.05, 4.69) is 34.7 Å². The van der Waals surface area contributed by atoms with Crippen LogP contribution in [0.3, 0.4) is 0 Å². The van der Waals surface area contributed by atoms with E-state index in [0.29, 0.717) is 6.04 Å². The van der Waals surface area contributed by atoms with Crippen LogP contribution >= 0.6 is 11.3 Å². The molecule has 1 aromatic rings. The molecule has 16 heavy (non-hydrogen) atoms. The van der Waals surface area contributed by atoms with E-state index >= 15 is 0 Å². The highest BCUT2D eigenvalue weighted by molar-refractivity contribution is 7.10. The van der Waals surface area contributed by atoms with Gasteiger partial charge < -0.3 is 5.32 Å². The average molecular weight is 236 g/mol. The van der Waals surface area contributed by atoms with Crippen LogP contribution in [0.2, 0.25) is 0 Å². The van der Waals surface area contributed by atoms with E-state index < -0.39 is 0 Å². The molecule has 0 aromatic carbocycles. The summed E-state index contributed by atoms with van der Waals surface area (Å²) in [6.07, 6.45) is 1.24. The molecular formula is C13H20N2S. The molecule has 1 N–H and O–H groups in total. The van der Waals surface area contributed by atoms with Crippen molar-refractivity contribution >= 4 is 11.3 Å². The molecule has 1 unspecified atom stereocenters. The standard InChI is InChI=1S/C13H20N2S/c1-2-12(13-4-3-5-16-13)15-8-10-6-14-7-11(10)9-15/h3-5,10-12,14H,2,6-9H2,1H3/t10-,11+,12?. The Morgan fingerprint density at radius 3 is 2.75 bits per heavy atom. The van der Waals surface area contributed by atoms with Crippen LogP contribution in [0.25, 0.3) is 0 Å². The zero-order valence-corrected chi connectivity index (χ0v) is 10.7. The van der Waals surface area contributed by atoms with E-state index in [0.717, 1.165) is 11.8 Å². The van der Waals surface area contributed by atoms with Gasteiger partial charge in [0.25, 0.3) is 0 Å². The van der Waals surface area contributed by atoms with Gasteiger partial charge in [-0.2, -0.15) is 0 Å². The molecule has 0 radical (unpaired) electrons. The van der Waals surface area contributed by atoms with E-state index in [1.807, 2.05) is 11.3 Å². The van der Waals surface area contributed by atoms with Crippen LogP contribution in [0.5, 0.6) is 0 Å². The molecule has 2 aliphatic heterocycles. The molecule has 3 heterocycles. The molecule has 0 saturated carbocycles. The van der Waals surface area contributed by atoms with Gasteiger partial charge in [-0.05, 0) is 42.8 Å². The second-order valence-corrected chi connectivity index (χ2v) is 6.05. The molecule has 2 saturated heterocycles. The first-order valence-corrected chi connectivity index (χ1v) is 7.24. The van der Waals surface area contributed by atoms with Gasteiger partial charge in [0.1, 0.15) is 0 Å². The fourth-order valence-corrected chi connectivity index (χ4v) is 4.21. The number of hydrogen-bond acceptors (Lipinski definition) is 3. The summed E-state index contributed by atoms with van der Waals surface area (Å²) in [7, 11) is 0. The minimum atomic E-state index is 0.672. The second-order valence-electron chi connectivity index (χ2n) is 5.07. The number of nitrogens with zero attached hydrogens (tertiary/aromatic N) is 1. The van der Waals surface area contributed by atoms with Gasteiger partial charge >= 0.3 is 0 Å². The molecule has 2 fully saturated rings. The monoisotopic (exact) mass is 236 g/mol. The lowest BCUT2D eigenvalue weighted by Gasteiger charge is -2.26. The Bertz CT molecular complexity index is 324. The van der Waals surface area contributed by atoms with E-state index in [1.165, 1.54) is 32.6 Å². The average Bonchev–Trinajstić information content (AvgIpc) is 2.91. The van der Waals surface area contributed by atoms with Crippen LogP contribution in [0.4, 0.5) is 0 Å². The first-order chi connectivity index (χ1) is 7.88. The van der Waals surface area contributed by atoms with E-state index in [4.69, 9.17) is 0 Å². The summed E-state index contributed by atoms with van der Waals surface area (Å²) in [6.45, 7) is 7.39. The Balaban J connectivity index is 1.72. The molecule has 0 spiro atoms. The zero-order valence-electron chi connectivity index (χ0n) is 9.86. The molecule has 0 aliphatic carbocycles. The van der Waals surface area contributed by atoms with Crippen molar-refractivity contribution in [3.05, 3.63) is 22.4 Å². The maximum Gasteiger partial charge on any atom is 0.0439 e. The predicted octanol–water partition coefficient (Wildman–Crippen LogP) is 2.35. The van der Waals surface area contributed by atoms with Gasteiger partial charge in [-0.15, -0.1) is 11.3 Å². The smallest absolute Gasteiger partial charge is 0.0439 e. The predicted molar refractivity (Wildman–Crippen MR) is 68.8 cm³/mol. The number of fused-ring (bicyclic) bond motifs is 1. The Morgan fingerprint density at radius 1 is 1.44 bits per heavy atom. The van der Waals surface area contributed by atoms with Crippen molar-refractivity contribution in [3.8, 4) is 0 Å². The fourth-order valence-electron chi connectivity index (χ4n) is 3.27. The second kappa shape index (κ2) is 4.47. The summed E-state index contributed by atoms with van der Waals surface area (Å²) in [4.78, 5) is 4.26. The number of nitrogens with one attached hydrogen (secondary N) is 1. The van der Waals surface area contributed by atoms with E-state index in [1.54, 1.807) is 4.88 Å². The third-order valence-electron chi connectivity index (χ3n) is 4.12. The number of hydrogen-bond donors (Lipinski definition) is 1. The topological polar surface area (TPSA) is 15.3 Å². The van der Waals surface area contributed by atoms with Gasteiger partial charge in [0.15, 0.2) is 0 Å². The highest BCUT2D eigenvalue weighted by atomic mass is 32.1. The highest BCUT2D eigenvalue weighted by Gasteiger charge is 2.38. The molecular weight excluding hydrogens is 216 g/mol. The van der Waals surface area contributed by atoms with Gasteiger partial charge in [0.05, 0.1) is 0 Å². The lowest BCUT2D eigenvalue weighted by atomic mass is 10.0. The Morgan fingerprint density at radius 2 is 2.19 bits per heavy atom. The molecule has 2 aliphatic rings. The molecule has 3 atom stereocenters. The normalized spacial score (nSPS) is 31.8. The first kappa shape index (κ1) is 10.8. The number of rotatable bonds is 3. The number of likely N-dealkylation sites (tertiary alicyclic amines) is 1. The highest BCUT2D eigenvalue weighted by Crippen LogP contribution is 2.35. The van der Waals surface area contributed by atoms with Crippen LogP contribution in [-0.4, -0.2) is 31.1 Å². The van der Waals surface area contributed by atoms with Gasteiger partial charge in [-0.1, -0.05) is 13.0 Å². The Labute approximate surface area is 102 Å². The lowest BCUT2D eigenvalue weighted by Crippen LogP contribution is -2.29. The van der Waals surface area contributed by atoms with Crippen molar-refractivity contribution in [2.45, 2.75) is 19.4 Å². The van der Waals surface area contributed by atoms with Crippen molar-refractivity contribution < 1.29 is 0 Å². The van der Waals surface area contributed by atoms with Gasteiger partial charge in [-0.25, -0.2) is 0 Å². The van der Waals surface area contributed by atoms with Crippen molar-refractivity contribution in [2.75, 3.05) is 26.2 Å². The summed E-state index contributed by atoms with van der Waals surface area (Å²) in [5.74, 6) is 1.82. The lowest BCUT2D eigenvalue weighted by molar-refractivity contribution is 0.226. The van der Waals surface area contributed by atoms with Gasteiger partial charge in [0.2, 0.25) is 0 Å². The molecule has 3 rings (SSSR count). The minimum Gasteiger partial charge on any atom is -0.316 e. The van der Waals surface area contributed by atoms with Crippen LogP contribution in [0, 0.1) is 11.8 Å². The largest absolute Gasteiger partial charge is 0.316 e. The van der Waals surface area contributed by atoms with Crippen LogP contribution < -0.4 is 5.32 Å². The molecule has 2 nitrogen and oxygen atoms in total. The maximum absolute atomic E-state index is 3.51. The fraction of sp³-hybridized carbons (Fsp3) is 0.692. The SMILES string of the molecule is CCC(c1cccs1)N1C[C@H]2CNC[C@H]2C1. The minimum absolute atomic E-state index is 0.672. The molecule has 3 heteroatoms. The van der Waals surface area contributed by atoms with Crippen molar-refractivity contribution in [1.82, 2.24) is 10.2 Å². The first-order valence-electron chi connectivity index (χ1n) is 6.36. The van der Waals surface area contributed by atoms with E-state index in [9.17, 15) is 0 Å². The van der Waals surface area contributed by atoms with E-state index in [-0.39, 0.29) is 0 Å². The summed E-state index contributed by atoms with van der Waals surface area (Å²) in [6, 6.07) is 5.15. The van der Waals surface area contributed by atoms with Crippen molar-refractivity contribution in [3.63, 3.8) is 0 Å². The third-order valence-corrected chi connectivity index (χ3v) is 5.09. The molecule has 1 aromatic heterocycles. The molecule has 88 valence electrons.